The Balaban J connectivity index is 1.65. The van der Waals surface area contributed by atoms with Gasteiger partial charge in [-0.05, 0) is 23.8 Å². The fourth-order valence-electron chi connectivity index (χ4n) is 2.59. The number of aromatic amines is 1. The second-order valence-electron chi connectivity index (χ2n) is 5.44. The number of methoxy groups -OCH3 is 2. The molecule has 2 N–H and O–H groups in total. The predicted octanol–water partition coefficient (Wildman–Crippen LogP) is 2.88. The van der Waals surface area contributed by atoms with E-state index in [0.29, 0.717) is 11.5 Å². The fourth-order valence-corrected chi connectivity index (χ4v) is 2.59. The van der Waals surface area contributed by atoms with Crippen molar-refractivity contribution in [2.45, 2.75) is 6.42 Å². The summed E-state index contributed by atoms with van der Waals surface area (Å²) in [5.74, 6) is 1.12. The van der Waals surface area contributed by atoms with Gasteiger partial charge in [0.15, 0.2) is 0 Å². The number of ether oxygens (including phenoxy) is 2. The summed E-state index contributed by atoms with van der Waals surface area (Å²) >= 11 is 0. The second-order valence-corrected chi connectivity index (χ2v) is 5.44. The molecular formula is C19H19N3O3. The van der Waals surface area contributed by atoms with Gasteiger partial charge >= 0.3 is 0 Å². The summed E-state index contributed by atoms with van der Waals surface area (Å²) in [6, 6.07) is 13.2. The Labute approximate surface area is 145 Å². The quantitative estimate of drug-likeness (QED) is 0.536. The monoisotopic (exact) mass is 337 g/mol. The van der Waals surface area contributed by atoms with Gasteiger partial charge in [-0.1, -0.05) is 18.2 Å². The number of fused-ring (bicyclic) bond motifs is 1. The van der Waals surface area contributed by atoms with Gasteiger partial charge in [-0.3, -0.25) is 4.79 Å². The lowest BCUT2D eigenvalue weighted by atomic mass is 10.1. The van der Waals surface area contributed by atoms with Crippen molar-refractivity contribution < 1.29 is 14.3 Å². The van der Waals surface area contributed by atoms with Crippen LogP contribution >= 0.6 is 0 Å². The first-order valence-corrected chi connectivity index (χ1v) is 7.80. The molecule has 0 spiro atoms. The van der Waals surface area contributed by atoms with E-state index < -0.39 is 0 Å². The molecule has 0 fully saturated rings. The van der Waals surface area contributed by atoms with Crippen LogP contribution < -0.4 is 14.9 Å². The van der Waals surface area contributed by atoms with Crippen LogP contribution in [-0.2, 0) is 11.2 Å². The molecule has 0 saturated heterocycles. The zero-order valence-corrected chi connectivity index (χ0v) is 14.1. The lowest BCUT2D eigenvalue weighted by molar-refractivity contribution is -0.120. The summed E-state index contributed by atoms with van der Waals surface area (Å²) < 4.78 is 10.4. The topological polar surface area (TPSA) is 75.7 Å². The molecule has 3 aromatic rings. The first-order chi connectivity index (χ1) is 12.2. The van der Waals surface area contributed by atoms with E-state index in [-0.39, 0.29) is 12.3 Å². The molecule has 6 heteroatoms. The van der Waals surface area contributed by atoms with Crippen LogP contribution in [0.4, 0.5) is 0 Å². The molecule has 0 atom stereocenters. The maximum absolute atomic E-state index is 12.1. The molecule has 25 heavy (non-hydrogen) atoms. The number of aromatic nitrogens is 1. The fraction of sp³-hybridized carbons (Fsp3) is 0.158. The summed E-state index contributed by atoms with van der Waals surface area (Å²) in [7, 11) is 3.16. The molecule has 6 nitrogen and oxygen atoms in total. The van der Waals surface area contributed by atoms with Crippen LogP contribution in [0, 0.1) is 0 Å². The van der Waals surface area contributed by atoms with E-state index in [0.717, 1.165) is 22.0 Å². The second kappa shape index (κ2) is 7.53. The van der Waals surface area contributed by atoms with Crippen molar-refractivity contribution in [3.8, 4) is 11.5 Å². The highest BCUT2D eigenvalue weighted by molar-refractivity contribution is 5.90. The van der Waals surface area contributed by atoms with Crippen molar-refractivity contribution in [2.75, 3.05) is 14.2 Å². The molecule has 0 unspecified atom stereocenters. The van der Waals surface area contributed by atoms with Gasteiger partial charge in [-0.15, -0.1) is 0 Å². The number of hydrogen-bond donors (Lipinski definition) is 2. The van der Waals surface area contributed by atoms with Crippen molar-refractivity contribution in [1.29, 1.82) is 0 Å². The van der Waals surface area contributed by atoms with Gasteiger partial charge in [0.2, 0.25) is 5.91 Å². The molecule has 0 aliphatic heterocycles. The van der Waals surface area contributed by atoms with Gasteiger partial charge in [-0.2, -0.15) is 5.10 Å². The van der Waals surface area contributed by atoms with E-state index in [1.54, 1.807) is 32.6 Å². The minimum absolute atomic E-state index is 0.187. The average Bonchev–Trinajstić information content (AvgIpc) is 3.05. The van der Waals surface area contributed by atoms with Crippen LogP contribution in [0.1, 0.15) is 11.1 Å². The zero-order chi connectivity index (χ0) is 17.6. The third-order valence-corrected chi connectivity index (χ3v) is 3.86. The van der Waals surface area contributed by atoms with Gasteiger partial charge in [-0.25, -0.2) is 5.43 Å². The maximum atomic E-state index is 12.1. The Kier molecular flexibility index (Phi) is 4.99. The van der Waals surface area contributed by atoms with Crippen LogP contribution in [0.2, 0.25) is 0 Å². The number of para-hydroxylation sites is 1. The molecule has 0 radical (unpaired) electrons. The molecule has 0 aliphatic rings. The summed E-state index contributed by atoms with van der Waals surface area (Å²) in [6.45, 7) is 0. The first-order valence-electron chi connectivity index (χ1n) is 7.80. The molecule has 2 aromatic carbocycles. The van der Waals surface area contributed by atoms with Crippen LogP contribution in [0.25, 0.3) is 10.9 Å². The number of H-pyrrole nitrogens is 1. The Morgan fingerprint density at radius 3 is 2.84 bits per heavy atom. The van der Waals surface area contributed by atoms with Crippen LogP contribution in [-0.4, -0.2) is 31.3 Å². The van der Waals surface area contributed by atoms with E-state index in [1.165, 1.54) is 0 Å². The number of benzene rings is 2. The summed E-state index contributed by atoms with van der Waals surface area (Å²) in [4.78, 5) is 15.3. The Morgan fingerprint density at radius 2 is 2.04 bits per heavy atom. The normalized spacial score (nSPS) is 11.0. The summed E-state index contributed by atoms with van der Waals surface area (Å²) in [6.07, 6.45) is 3.65. The molecule has 0 aliphatic carbocycles. The van der Waals surface area contributed by atoms with E-state index in [9.17, 15) is 4.79 Å². The molecule has 3 rings (SSSR count). The van der Waals surface area contributed by atoms with Crippen molar-refractivity contribution in [2.24, 2.45) is 5.10 Å². The zero-order valence-electron chi connectivity index (χ0n) is 14.1. The molecule has 1 amide bonds. The van der Waals surface area contributed by atoms with Gasteiger partial charge in [0.1, 0.15) is 11.5 Å². The van der Waals surface area contributed by atoms with Crippen LogP contribution in [0.3, 0.4) is 0 Å². The SMILES string of the molecule is COc1ccc(/C=N\NC(=O)Cc2c[nH]c3ccccc23)c(OC)c1. The van der Waals surface area contributed by atoms with Gasteiger partial charge in [0.05, 0.1) is 26.9 Å². The van der Waals surface area contributed by atoms with Gasteiger partial charge in [0, 0.05) is 28.7 Å². The predicted molar refractivity (Wildman–Crippen MR) is 97.3 cm³/mol. The molecule has 0 saturated carbocycles. The van der Waals surface area contributed by atoms with E-state index in [2.05, 4.69) is 15.5 Å². The summed E-state index contributed by atoms with van der Waals surface area (Å²) in [5, 5.41) is 5.05. The van der Waals surface area contributed by atoms with E-state index >= 15 is 0 Å². The molecule has 0 bridgehead atoms. The molecule has 128 valence electrons. The van der Waals surface area contributed by atoms with Crippen LogP contribution in [0.15, 0.2) is 53.8 Å². The molecule has 1 heterocycles. The number of hydrogen-bond acceptors (Lipinski definition) is 4. The number of hydrazone groups is 1. The number of carbonyl (C=O) groups excluding carboxylic acids is 1. The smallest absolute Gasteiger partial charge is 0.244 e. The van der Waals surface area contributed by atoms with Crippen molar-refractivity contribution in [3.05, 3.63) is 59.8 Å². The van der Waals surface area contributed by atoms with Crippen LogP contribution in [0.5, 0.6) is 11.5 Å². The lowest BCUT2D eigenvalue weighted by Crippen LogP contribution is -2.19. The molecular weight excluding hydrogens is 318 g/mol. The standard InChI is InChI=1S/C19H19N3O3/c1-24-15-8-7-13(18(10-15)25-2)12-21-22-19(23)9-14-11-20-17-6-4-3-5-16(14)17/h3-8,10-12,20H,9H2,1-2H3,(H,22,23)/b21-12-. The Hall–Kier alpha value is -3.28. The maximum Gasteiger partial charge on any atom is 0.244 e. The Bertz CT molecular complexity index is 915. The highest BCUT2D eigenvalue weighted by atomic mass is 16.5. The average molecular weight is 337 g/mol. The minimum atomic E-state index is -0.187. The first kappa shape index (κ1) is 16.6. The van der Waals surface area contributed by atoms with Crippen molar-refractivity contribution >= 4 is 23.0 Å². The number of nitrogens with zero attached hydrogens (tertiary/aromatic N) is 1. The van der Waals surface area contributed by atoms with Crippen molar-refractivity contribution in [3.63, 3.8) is 0 Å². The highest BCUT2D eigenvalue weighted by Crippen LogP contribution is 2.23. The van der Waals surface area contributed by atoms with Gasteiger partial charge in [0.25, 0.3) is 0 Å². The number of amides is 1. The van der Waals surface area contributed by atoms with Gasteiger partial charge < -0.3 is 14.5 Å². The highest BCUT2D eigenvalue weighted by Gasteiger charge is 2.08. The largest absolute Gasteiger partial charge is 0.497 e. The number of carbonyl (C=O) groups is 1. The number of rotatable bonds is 6. The lowest BCUT2D eigenvalue weighted by Gasteiger charge is -2.06. The van der Waals surface area contributed by atoms with E-state index in [1.807, 2.05) is 36.5 Å². The van der Waals surface area contributed by atoms with E-state index in [4.69, 9.17) is 9.47 Å². The van der Waals surface area contributed by atoms with Crippen molar-refractivity contribution in [1.82, 2.24) is 10.4 Å². The minimum Gasteiger partial charge on any atom is -0.497 e. The summed E-state index contributed by atoms with van der Waals surface area (Å²) in [5.41, 5.74) is 5.24. The third kappa shape index (κ3) is 3.80. The third-order valence-electron chi connectivity index (χ3n) is 3.86. The number of nitrogens with one attached hydrogen (secondary N) is 2. The Morgan fingerprint density at radius 1 is 1.20 bits per heavy atom. The molecule has 1 aromatic heterocycles.